The van der Waals surface area contributed by atoms with Gasteiger partial charge in [-0.05, 0) is 55.5 Å². The number of nitrogens with zero attached hydrogens (tertiary/aromatic N) is 2. The number of rotatable bonds is 9. The molecule has 166 valence electrons. The number of piperazine rings is 1. The van der Waals surface area contributed by atoms with Crippen LogP contribution in [0.5, 0.6) is 11.5 Å². The Hall–Kier alpha value is -2.73. The zero-order chi connectivity index (χ0) is 21.6. The number of hydrogen-bond donors (Lipinski definition) is 1. The zero-order valence-corrected chi connectivity index (χ0v) is 18.5. The fraction of sp³-hybridized carbons (Fsp3) is 0.480. The van der Waals surface area contributed by atoms with Crippen LogP contribution in [-0.4, -0.2) is 57.2 Å². The van der Waals surface area contributed by atoms with Crippen molar-refractivity contribution in [2.24, 2.45) is 5.92 Å². The van der Waals surface area contributed by atoms with Crippen LogP contribution in [-0.2, 0) is 4.79 Å². The number of amides is 1. The first-order valence-corrected chi connectivity index (χ1v) is 11.3. The van der Waals surface area contributed by atoms with Crippen LogP contribution in [0.2, 0.25) is 0 Å². The van der Waals surface area contributed by atoms with Gasteiger partial charge < -0.3 is 19.7 Å². The molecule has 2 aliphatic rings. The van der Waals surface area contributed by atoms with Crippen LogP contribution in [0.25, 0.3) is 0 Å². The molecule has 1 unspecified atom stereocenters. The largest absolute Gasteiger partial charge is 0.497 e. The maximum atomic E-state index is 12.8. The quantitative estimate of drug-likeness (QED) is 0.669. The van der Waals surface area contributed by atoms with Crippen LogP contribution in [0.4, 0.5) is 5.69 Å². The minimum atomic E-state index is 0.0952. The van der Waals surface area contributed by atoms with E-state index in [0.717, 1.165) is 48.9 Å². The number of para-hydroxylation sites is 2. The topological polar surface area (TPSA) is 54.0 Å². The van der Waals surface area contributed by atoms with E-state index in [1.807, 2.05) is 31.2 Å². The lowest BCUT2D eigenvalue weighted by Gasteiger charge is -2.36. The maximum absolute atomic E-state index is 12.8. The van der Waals surface area contributed by atoms with Gasteiger partial charge in [-0.1, -0.05) is 24.3 Å². The normalized spacial score (nSPS) is 17.8. The van der Waals surface area contributed by atoms with Gasteiger partial charge in [0.25, 0.3) is 0 Å². The first kappa shape index (κ1) is 21.5. The summed E-state index contributed by atoms with van der Waals surface area (Å²) < 4.78 is 11.0. The van der Waals surface area contributed by atoms with E-state index in [0.29, 0.717) is 19.1 Å². The molecule has 1 aliphatic carbocycles. The number of nitrogens with one attached hydrogen (secondary N) is 1. The van der Waals surface area contributed by atoms with Crippen molar-refractivity contribution in [3.05, 3.63) is 54.1 Å². The van der Waals surface area contributed by atoms with Gasteiger partial charge in [0, 0.05) is 26.2 Å². The fourth-order valence-electron chi connectivity index (χ4n) is 4.28. The molecule has 0 aromatic heterocycles. The SMILES string of the molecule is CCOc1ccccc1N1CCN(CC(=O)NC(c2ccc(OC)cc2)C2CC2)CC1. The maximum Gasteiger partial charge on any atom is 0.234 e. The van der Waals surface area contributed by atoms with Gasteiger partial charge in [-0.25, -0.2) is 0 Å². The lowest BCUT2D eigenvalue weighted by atomic mass is 10.0. The first-order valence-electron chi connectivity index (χ1n) is 11.3. The Balaban J connectivity index is 1.30. The van der Waals surface area contributed by atoms with Crippen molar-refractivity contribution in [3.63, 3.8) is 0 Å². The Kier molecular flexibility index (Phi) is 6.97. The number of benzene rings is 2. The molecule has 6 heteroatoms. The Labute approximate surface area is 185 Å². The van der Waals surface area contributed by atoms with E-state index in [9.17, 15) is 4.79 Å². The number of hydrogen-bond acceptors (Lipinski definition) is 5. The second kappa shape index (κ2) is 10.1. The Morgan fingerprint density at radius 1 is 1.06 bits per heavy atom. The second-order valence-corrected chi connectivity index (χ2v) is 8.32. The molecule has 4 rings (SSSR count). The minimum Gasteiger partial charge on any atom is -0.497 e. The smallest absolute Gasteiger partial charge is 0.234 e. The molecule has 6 nitrogen and oxygen atoms in total. The van der Waals surface area contributed by atoms with E-state index in [1.165, 1.54) is 12.8 Å². The minimum absolute atomic E-state index is 0.0952. The second-order valence-electron chi connectivity index (χ2n) is 8.32. The highest BCUT2D eigenvalue weighted by atomic mass is 16.5. The molecule has 2 aromatic carbocycles. The van der Waals surface area contributed by atoms with Crippen molar-refractivity contribution in [1.29, 1.82) is 0 Å². The Morgan fingerprint density at radius 3 is 2.42 bits per heavy atom. The molecule has 1 aliphatic heterocycles. The van der Waals surface area contributed by atoms with Gasteiger partial charge in [0.15, 0.2) is 0 Å². The number of methoxy groups -OCH3 is 1. The number of anilines is 1. The monoisotopic (exact) mass is 423 g/mol. The number of carbonyl (C=O) groups excluding carboxylic acids is 1. The molecule has 2 aromatic rings. The molecule has 0 bridgehead atoms. The van der Waals surface area contributed by atoms with Gasteiger partial charge in [-0.2, -0.15) is 0 Å². The van der Waals surface area contributed by atoms with Gasteiger partial charge in [0.05, 0.1) is 32.0 Å². The third-order valence-electron chi connectivity index (χ3n) is 6.13. The molecular formula is C25H33N3O3. The van der Waals surface area contributed by atoms with E-state index >= 15 is 0 Å². The lowest BCUT2D eigenvalue weighted by Crippen LogP contribution is -2.50. The van der Waals surface area contributed by atoms with Gasteiger partial charge in [-0.15, -0.1) is 0 Å². The average molecular weight is 424 g/mol. The third kappa shape index (κ3) is 5.50. The summed E-state index contributed by atoms with van der Waals surface area (Å²) in [7, 11) is 1.67. The van der Waals surface area contributed by atoms with Gasteiger partial charge in [0.2, 0.25) is 5.91 Å². The number of ether oxygens (including phenoxy) is 2. The van der Waals surface area contributed by atoms with Crippen LogP contribution in [0, 0.1) is 5.92 Å². The van der Waals surface area contributed by atoms with Crippen LogP contribution < -0.4 is 19.7 Å². The Morgan fingerprint density at radius 2 is 1.77 bits per heavy atom. The van der Waals surface area contributed by atoms with E-state index in [4.69, 9.17) is 9.47 Å². The Bertz CT molecular complexity index is 859. The van der Waals surface area contributed by atoms with E-state index in [1.54, 1.807) is 7.11 Å². The highest BCUT2D eigenvalue weighted by Crippen LogP contribution is 2.41. The molecule has 1 heterocycles. The van der Waals surface area contributed by atoms with Crippen LogP contribution in [0.1, 0.15) is 31.4 Å². The van der Waals surface area contributed by atoms with E-state index < -0.39 is 0 Å². The van der Waals surface area contributed by atoms with Crippen molar-refractivity contribution in [2.75, 3.05) is 51.3 Å². The lowest BCUT2D eigenvalue weighted by molar-refractivity contribution is -0.123. The highest BCUT2D eigenvalue weighted by molar-refractivity contribution is 5.78. The molecule has 1 saturated heterocycles. The predicted octanol–water partition coefficient (Wildman–Crippen LogP) is 3.48. The average Bonchev–Trinajstić information content (AvgIpc) is 3.64. The summed E-state index contributed by atoms with van der Waals surface area (Å²) in [6.07, 6.45) is 2.35. The molecule has 1 N–H and O–H groups in total. The van der Waals surface area contributed by atoms with Crippen molar-refractivity contribution in [1.82, 2.24) is 10.2 Å². The molecular weight excluding hydrogens is 390 g/mol. The standard InChI is InChI=1S/C25H33N3O3/c1-3-31-23-7-5-4-6-22(23)28-16-14-27(15-17-28)18-24(29)26-25(19-8-9-19)20-10-12-21(30-2)13-11-20/h4-7,10-13,19,25H,3,8-9,14-18H2,1-2H3,(H,26,29). The molecule has 1 saturated carbocycles. The first-order chi connectivity index (χ1) is 15.2. The summed E-state index contributed by atoms with van der Waals surface area (Å²) in [6.45, 7) is 6.63. The van der Waals surface area contributed by atoms with E-state index in [-0.39, 0.29) is 11.9 Å². The fourth-order valence-corrected chi connectivity index (χ4v) is 4.28. The van der Waals surface area contributed by atoms with Gasteiger partial charge in [-0.3, -0.25) is 9.69 Å². The highest BCUT2D eigenvalue weighted by Gasteiger charge is 2.33. The van der Waals surface area contributed by atoms with Crippen molar-refractivity contribution >= 4 is 11.6 Å². The van der Waals surface area contributed by atoms with E-state index in [2.05, 4.69) is 39.4 Å². The summed E-state index contributed by atoms with van der Waals surface area (Å²) in [5.74, 6) is 2.43. The molecule has 1 amide bonds. The summed E-state index contributed by atoms with van der Waals surface area (Å²) in [5.41, 5.74) is 2.30. The number of carbonyl (C=O) groups is 1. The molecule has 1 atom stereocenters. The van der Waals surface area contributed by atoms with Crippen molar-refractivity contribution in [2.45, 2.75) is 25.8 Å². The van der Waals surface area contributed by atoms with Gasteiger partial charge in [0.1, 0.15) is 11.5 Å². The van der Waals surface area contributed by atoms with Crippen LogP contribution >= 0.6 is 0 Å². The van der Waals surface area contributed by atoms with Gasteiger partial charge >= 0.3 is 0 Å². The van der Waals surface area contributed by atoms with Crippen molar-refractivity contribution in [3.8, 4) is 11.5 Å². The van der Waals surface area contributed by atoms with Crippen molar-refractivity contribution < 1.29 is 14.3 Å². The summed E-state index contributed by atoms with van der Waals surface area (Å²) >= 11 is 0. The predicted molar refractivity (Wildman–Crippen MR) is 123 cm³/mol. The molecule has 0 spiro atoms. The zero-order valence-electron chi connectivity index (χ0n) is 18.5. The summed E-state index contributed by atoms with van der Waals surface area (Å²) in [4.78, 5) is 17.4. The van der Waals surface area contributed by atoms with Crippen LogP contribution in [0.15, 0.2) is 48.5 Å². The van der Waals surface area contributed by atoms with Crippen LogP contribution in [0.3, 0.4) is 0 Å². The summed E-state index contributed by atoms with van der Waals surface area (Å²) in [6, 6.07) is 16.4. The summed E-state index contributed by atoms with van der Waals surface area (Å²) in [5, 5.41) is 3.29. The molecule has 2 fully saturated rings. The third-order valence-corrected chi connectivity index (χ3v) is 6.13. The molecule has 0 radical (unpaired) electrons. The molecule has 31 heavy (non-hydrogen) atoms.